The average molecular weight is 264 g/mol. The van der Waals surface area contributed by atoms with Crippen molar-refractivity contribution in [3.63, 3.8) is 0 Å². The van der Waals surface area contributed by atoms with Crippen LogP contribution in [0, 0.1) is 6.92 Å². The molecule has 3 rings (SSSR count). The summed E-state index contributed by atoms with van der Waals surface area (Å²) in [5, 5.41) is 3.36. The Labute approximate surface area is 117 Å². The van der Waals surface area contributed by atoms with Crippen molar-refractivity contribution in [3.8, 4) is 0 Å². The Balaban J connectivity index is 1.63. The normalized spacial score (nSPS) is 10.8. The first-order valence-corrected chi connectivity index (χ1v) is 6.64. The van der Waals surface area contributed by atoms with Crippen molar-refractivity contribution < 1.29 is 0 Å². The van der Waals surface area contributed by atoms with Gasteiger partial charge >= 0.3 is 0 Å². The molecular formula is C16H16N4. The van der Waals surface area contributed by atoms with Gasteiger partial charge in [0.05, 0.1) is 22.9 Å². The van der Waals surface area contributed by atoms with Crippen molar-refractivity contribution in [3.05, 3.63) is 65.7 Å². The van der Waals surface area contributed by atoms with E-state index in [1.807, 2.05) is 49.6 Å². The van der Waals surface area contributed by atoms with Crippen LogP contribution in [-0.2, 0) is 13.1 Å². The second-order valence-electron chi connectivity index (χ2n) is 4.76. The summed E-state index contributed by atoms with van der Waals surface area (Å²) in [5.41, 5.74) is 5.02. The predicted octanol–water partition coefficient (Wildman–Crippen LogP) is 2.62. The van der Waals surface area contributed by atoms with E-state index >= 15 is 0 Å². The fourth-order valence-electron chi connectivity index (χ4n) is 2.02. The van der Waals surface area contributed by atoms with Crippen molar-refractivity contribution in [2.75, 3.05) is 0 Å². The molecule has 2 aromatic heterocycles. The third-order valence-electron chi connectivity index (χ3n) is 3.11. The number of pyridine rings is 1. The lowest BCUT2D eigenvalue weighted by Crippen LogP contribution is -2.14. The monoisotopic (exact) mass is 264 g/mol. The van der Waals surface area contributed by atoms with E-state index in [2.05, 4.69) is 26.3 Å². The van der Waals surface area contributed by atoms with Crippen molar-refractivity contribution in [1.82, 2.24) is 20.3 Å². The Hall–Kier alpha value is -2.33. The van der Waals surface area contributed by atoms with Crippen LogP contribution in [0.1, 0.15) is 17.0 Å². The highest BCUT2D eigenvalue weighted by Gasteiger charge is 1.99. The van der Waals surface area contributed by atoms with Gasteiger partial charge in [0.1, 0.15) is 0 Å². The van der Waals surface area contributed by atoms with E-state index < -0.39 is 0 Å². The van der Waals surface area contributed by atoms with Crippen LogP contribution in [0.2, 0.25) is 0 Å². The van der Waals surface area contributed by atoms with Crippen LogP contribution < -0.4 is 5.32 Å². The lowest BCUT2D eigenvalue weighted by atomic mass is 10.2. The summed E-state index contributed by atoms with van der Waals surface area (Å²) in [7, 11) is 0. The first-order chi connectivity index (χ1) is 9.81. The van der Waals surface area contributed by atoms with E-state index in [0.29, 0.717) is 6.54 Å². The number of para-hydroxylation sites is 2. The summed E-state index contributed by atoms with van der Waals surface area (Å²) < 4.78 is 0. The van der Waals surface area contributed by atoms with Gasteiger partial charge in [0.2, 0.25) is 0 Å². The van der Waals surface area contributed by atoms with Crippen LogP contribution in [0.3, 0.4) is 0 Å². The number of nitrogens with one attached hydrogen (secondary N) is 1. The summed E-state index contributed by atoms with van der Waals surface area (Å²) in [5.74, 6) is 0. The minimum absolute atomic E-state index is 0.700. The van der Waals surface area contributed by atoms with E-state index in [1.165, 1.54) is 5.56 Å². The SMILES string of the molecule is Cc1ccc(CNCc2cnc3ccccc3n2)cn1. The third kappa shape index (κ3) is 2.97. The molecule has 0 atom stereocenters. The highest BCUT2D eigenvalue weighted by Crippen LogP contribution is 2.08. The van der Waals surface area contributed by atoms with Crippen LogP contribution in [0.4, 0.5) is 0 Å². The Morgan fingerprint density at radius 2 is 1.75 bits per heavy atom. The van der Waals surface area contributed by atoms with Gasteiger partial charge < -0.3 is 5.32 Å². The van der Waals surface area contributed by atoms with E-state index in [1.54, 1.807) is 0 Å². The Morgan fingerprint density at radius 3 is 2.55 bits per heavy atom. The van der Waals surface area contributed by atoms with Crippen LogP contribution in [0.25, 0.3) is 11.0 Å². The van der Waals surface area contributed by atoms with Gasteiger partial charge in [-0.05, 0) is 30.7 Å². The van der Waals surface area contributed by atoms with Crippen molar-refractivity contribution in [2.45, 2.75) is 20.0 Å². The average Bonchev–Trinajstić information content (AvgIpc) is 2.49. The van der Waals surface area contributed by atoms with Gasteiger partial charge in [0.15, 0.2) is 0 Å². The molecule has 100 valence electrons. The molecule has 0 aliphatic carbocycles. The summed E-state index contributed by atoms with van der Waals surface area (Å²) in [6.07, 6.45) is 3.72. The molecule has 3 aromatic rings. The zero-order chi connectivity index (χ0) is 13.8. The molecule has 0 radical (unpaired) electrons. The second kappa shape index (κ2) is 5.75. The number of fused-ring (bicyclic) bond motifs is 1. The number of nitrogens with zero attached hydrogens (tertiary/aromatic N) is 3. The van der Waals surface area contributed by atoms with Gasteiger partial charge in [-0.2, -0.15) is 0 Å². The molecular weight excluding hydrogens is 248 g/mol. The van der Waals surface area contributed by atoms with Gasteiger partial charge in [-0.15, -0.1) is 0 Å². The van der Waals surface area contributed by atoms with Crippen molar-refractivity contribution in [1.29, 1.82) is 0 Å². The number of hydrogen-bond acceptors (Lipinski definition) is 4. The molecule has 2 heterocycles. The molecule has 1 N–H and O–H groups in total. The molecule has 4 nitrogen and oxygen atoms in total. The molecule has 1 aromatic carbocycles. The molecule has 0 saturated carbocycles. The van der Waals surface area contributed by atoms with E-state index in [4.69, 9.17) is 0 Å². The van der Waals surface area contributed by atoms with E-state index in [-0.39, 0.29) is 0 Å². The zero-order valence-electron chi connectivity index (χ0n) is 11.4. The quantitative estimate of drug-likeness (QED) is 0.787. The van der Waals surface area contributed by atoms with Crippen LogP contribution in [-0.4, -0.2) is 15.0 Å². The smallest absolute Gasteiger partial charge is 0.0890 e. The third-order valence-corrected chi connectivity index (χ3v) is 3.11. The molecule has 0 saturated heterocycles. The first-order valence-electron chi connectivity index (χ1n) is 6.64. The van der Waals surface area contributed by atoms with E-state index in [9.17, 15) is 0 Å². The van der Waals surface area contributed by atoms with Crippen LogP contribution in [0.5, 0.6) is 0 Å². The maximum Gasteiger partial charge on any atom is 0.0890 e. The lowest BCUT2D eigenvalue weighted by molar-refractivity contribution is 0.677. The fraction of sp³-hybridized carbons (Fsp3) is 0.188. The summed E-state index contributed by atoms with van der Waals surface area (Å²) in [6, 6.07) is 12.0. The largest absolute Gasteiger partial charge is 0.307 e. The zero-order valence-corrected chi connectivity index (χ0v) is 11.4. The number of hydrogen-bond donors (Lipinski definition) is 1. The summed E-state index contributed by atoms with van der Waals surface area (Å²) in [4.78, 5) is 13.3. The minimum Gasteiger partial charge on any atom is -0.307 e. The molecule has 0 spiro atoms. The molecule has 0 unspecified atom stereocenters. The van der Waals surface area contributed by atoms with Crippen LogP contribution >= 0.6 is 0 Å². The Morgan fingerprint density at radius 1 is 0.900 bits per heavy atom. The Bertz CT molecular complexity index is 707. The van der Waals surface area contributed by atoms with Gasteiger partial charge in [0.25, 0.3) is 0 Å². The highest BCUT2D eigenvalue weighted by molar-refractivity contribution is 5.73. The molecule has 0 bridgehead atoms. The molecule has 0 aliphatic heterocycles. The molecule has 0 amide bonds. The molecule has 0 aliphatic rings. The number of benzene rings is 1. The summed E-state index contributed by atoms with van der Waals surface area (Å²) >= 11 is 0. The van der Waals surface area contributed by atoms with Crippen LogP contribution in [0.15, 0.2) is 48.8 Å². The second-order valence-corrected chi connectivity index (χ2v) is 4.76. The number of aryl methyl sites for hydroxylation is 1. The number of aromatic nitrogens is 3. The molecule has 20 heavy (non-hydrogen) atoms. The first kappa shape index (κ1) is 12.7. The predicted molar refractivity (Wildman–Crippen MR) is 79.1 cm³/mol. The van der Waals surface area contributed by atoms with E-state index in [0.717, 1.165) is 29.0 Å². The van der Waals surface area contributed by atoms with Crippen molar-refractivity contribution >= 4 is 11.0 Å². The maximum atomic E-state index is 4.58. The number of rotatable bonds is 4. The van der Waals surface area contributed by atoms with Gasteiger partial charge in [0, 0.05) is 25.0 Å². The topological polar surface area (TPSA) is 50.7 Å². The molecule has 0 fully saturated rings. The highest BCUT2D eigenvalue weighted by atomic mass is 14.9. The Kier molecular flexibility index (Phi) is 3.65. The van der Waals surface area contributed by atoms with Crippen molar-refractivity contribution in [2.24, 2.45) is 0 Å². The maximum absolute atomic E-state index is 4.58. The lowest BCUT2D eigenvalue weighted by Gasteiger charge is -2.05. The summed E-state index contributed by atoms with van der Waals surface area (Å²) in [6.45, 7) is 3.47. The van der Waals surface area contributed by atoms with Gasteiger partial charge in [-0.25, -0.2) is 4.98 Å². The van der Waals surface area contributed by atoms with Gasteiger partial charge in [-0.3, -0.25) is 9.97 Å². The standard InChI is InChI=1S/C16H16N4/c1-12-6-7-13(9-18-12)8-17-10-14-11-19-15-4-2-3-5-16(15)20-14/h2-7,9,11,17H,8,10H2,1H3. The fourth-order valence-corrected chi connectivity index (χ4v) is 2.02. The van der Waals surface area contributed by atoms with Gasteiger partial charge in [-0.1, -0.05) is 18.2 Å². The minimum atomic E-state index is 0.700. The molecule has 4 heteroatoms.